The lowest BCUT2D eigenvalue weighted by molar-refractivity contribution is -0.152. The molecule has 61 heavy (non-hydrogen) atoms. The number of anilines is 2. The van der Waals surface area contributed by atoms with E-state index in [9.17, 15) is 23.5 Å². The lowest BCUT2D eigenvalue weighted by Gasteiger charge is -2.32. The van der Waals surface area contributed by atoms with Gasteiger partial charge < -0.3 is 19.7 Å². The number of methoxy groups -OCH3 is 1. The van der Waals surface area contributed by atoms with Crippen LogP contribution < -0.4 is 5.32 Å². The number of aromatic nitrogens is 5. The maximum absolute atomic E-state index is 14.1. The smallest absolute Gasteiger partial charge is 0.311 e. The van der Waals surface area contributed by atoms with Crippen LogP contribution in [0.25, 0.3) is 22.2 Å². The number of imidazole rings is 1. The number of aliphatic hydroxyl groups excluding tert-OH is 1. The predicted octanol–water partition coefficient (Wildman–Crippen LogP) is 7.93. The van der Waals surface area contributed by atoms with E-state index in [-0.39, 0.29) is 40.9 Å². The van der Waals surface area contributed by atoms with E-state index in [1.54, 1.807) is 12.3 Å². The SMILES string of the molecule is COC(=O)C12CCC(CCN3CCc4c(nc(C(=O)Cc5cccc(-c6cccc(Nc7nc(C(F)F)nc8cc(CN9CC[C@@H](O)C9)cnc78)c6C)c5Cl)n4C)C3)(CC1)C2. The van der Waals surface area contributed by atoms with Gasteiger partial charge >= 0.3 is 5.97 Å². The zero-order valence-electron chi connectivity index (χ0n) is 34.8. The summed E-state index contributed by atoms with van der Waals surface area (Å²) < 4.78 is 35.3. The molecule has 1 saturated heterocycles. The molecule has 5 heterocycles. The van der Waals surface area contributed by atoms with Crippen LogP contribution >= 0.6 is 11.6 Å². The Bertz CT molecular complexity index is 2520. The molecule has 2 aliphatic heterocycles. The summed E-state index contributed by atoms with van der Waals surface area (Å²) >= 11 is 7.12. The van der Waals surface area contributed by atoms with Crippen LogP contribution in [0.5, 0.6) is 0 Å². The highest BCUT2D eigenvalue weighted by Gasteiger charge is 2.58. The van der Waals surface area contributed by atoms with Gasteiger partial charge in [-0.15, -0.1) is 0 Å². The minimum Gasteiger partial charge on any atom is -0.469 e. The predicted molar refractivity (Wildman–Crippen MR) is 228 cm³/mol. The number of carbonyl (C=O) groups excluding carboxylic acids is 2. The van der Waals surface area contributed by atoms with Crippen LogP contribution in [0.1, 0.15) is 95.9 Å². The summed E-state index contributed by atoms with van der Waals surface area (Å²) in [5.74, 6) is -0.197. The molecule has 2 bridgehead atoms. The average molecular weight is 853 g/mol. The number of carbonyl (C=O) groups is 2. The number of Topliss-reactive ketones (excluding diaryl/α,β-unsaturated/α-hetero) is 1. The number of rotatable bonds is 13. The highest BCUT2D eigenvalue weighted by atomic mass is 35.5. The molecule has 5 aromatic rings. The molecule has 12 nitrogen and oxygen atoms in total. The number of esters is 1. The maximum Gasteiger partial charge on any atom is 0.311 e. The van der Waals surface area contributed by atoms with E-state index in [0.717, 1.165) is 98.2 Å². The van der Waals surface area contributed by atoms with Crippen molar-refractivity contribution in [1.82, 2.24) is 34.3 Å². The molecule has 0 radical (unpaired) electrons. The third kappa shape index (κ3) is 7.92. The number of aliphatic hydroxyl groups is 1. The summed E-state index contributed by atoms with van der Waals surface area (Å²) in [6, 6.07) is 13.0. The summed E-state index contributed by atoms with van der Waals surface area (Å²) in [6.07, 6.45) is 5.96. The summed E-state index contributed by atoms with van der Waals surface area (Å²) in [6.45, 7) is 6.24. The molecular weight excluding hydrogens is 802 g/mol. The van der Waals surface area contributed by atoms with Crippen molar-refractivity contribution in [3.63, 3.8) is 0 Å². The normalized spacial score (nSPS) is 22.7. The molecule has 320 valence electrons. The highest BCUT2D eigenvalue weighted by Crippen LogP contribution is 2.63. The molecule has 9 rings (SSSR count). The van der Waals surface area contributed by atoms with Gasteiger partial charge in [-0.3, -0.25) is 24.4 Å². The molecule has 0 unspecified atom stereocenters. The second-order valence-electron chi connectivity index (χ2n) is 17.7. The number of β-amino-alcohol motifs (C(OH)–C–C–N with tert-alkyl or cyclic N) is 1. The number of ketones is 1. The number of ether oxygens (including phenoxy) is 1. The molecule has 2 aliphatic carbocycles. The molecule has 15 heteroatoms. The molecule has 3 aromatic heterocycles. The molecule has 4 aliphatic rings. The van der Waals surface area contributed by atoms with Crippen molar-refractivity contribution in [2.24, 2.45) is 17.9 Å². The van der Waals surface area contributed by atoms with Crippen LogP contribution in [-0.4, -0.2) is 90.6 Å². The largest absolute Gasteiger partial charge is 0.469 e. The van der Waals surface area contributed by atoms with Gasteiger partial charge in [-0.25, -0.2) is 23.7 Å². The molecule has 2 aromatic carbocycles. The van der Waals surface area contributed by atoms with Gasteiger partial charge in [0, 0.05) is 75.8 Å². The van der Waals surface area contributed by atoms with Gasteiger partial charge in [-0.1, -0.05) is 41.9 Å². The fourth-order valence-electron chi connectivity index (χ4n) is 10.5. The van der Waals surface area contributed by atoms with Crippen LogP contribution in [-0.2, 0) is 42.5 Å². The van der Waals surface area contributed by atoms with Crippen LogP contribution in [0.3, 0.4) is 0 Å². The standard InChI is InChI=1S/C46H51ClF2N8O4/c1-27-31(7-5-9-33(27)51-41-39-34(52-42(54-41)40(48)49)20-28(22-50-39)23-57-17-10-30(58)24-57)32-8-4-6-29(38(32)47)21-37(59)43-53-35-25-56(18-11-36(35)55(43)2)19-16-45-12-14-46(26-45,15-13-45)44(60)61-3/h4-9,20,22,30,40,58H,10-19,21,23-26H2,1-3H3,(H,51,52,54)/t30-,45?,46?/m1/s1. The molecule has 2 saturated carbocycles. The van der Waals surface area contributed by atoms with Crippen molar-refractivity contribution in [1.29, 1.82) is 0 Å². The number of alkyl halides is 2. The summed E-state index contributed by atoms with van der Waals surface area (Å²) in [4.78, 5) is 48.9. The van der Waals surface area contributed by atoms with Crippen LogP contribution in [0.15, 0.2) is 48.7 Å². The Morgan fingerprint density at radius 2 is 1.84 bits per heavy atom. The van der Waals surface area contributed by atoms with Crippen molar-refractivity contribution in [3.05, 3.63) is 93.4 Å². The number of likely N-dealkylation sites (tertiary alicyclic amines) is 1. The van der Waals surface area contributed by atoms with E-state index in [1.165, 1.54) is 7.11 Å². The summed E-state index contributed by atoms with van der Waals surface area (Å²) in [5, 5.41) is 13.7. The van der Waals surface area contributed by atoms with E-state index < -0.39 is 12.2 Å². The first-order valence-electron chi connectivity index (χ1n) is 21.2. The number of hydrogen-bond acceptors (Lipinski definition) is 11. The number of hydrogen-bond donors (Lipinski definition) is 2. The Balaban J connectivity index is 0.901. The molecule has 0 spiro atoms. The lowest BCUT2D eigenvalue weighted by atomic mass is 9.80. The quantitative estimate of drug-likeness (QED) is 0.0883. The minimum atomic E-state index is -2.89. The average Bonchev–Trinajstić information content (AvgIpc) is 4.03. The van der Waals surface area contributed by atoms with Gasteiger partial charge in [0.2, 0.25) is 5.78 Å². The van der Waals surface area contributed by atoms with Crippen molar-refractivity contribution >= 4 is 45.9 Å². The maximum atomic E-state index is 14.1. The van der Waals surface area contributed by atoms with E-state index in [4.69, 9.17) is 21.3 Å². The first-order chi connectivity index (χ1) is 29.3. The second-order valence-corrected chi connectivity index (χ2v) is 18.1. The van der Waals surface area contributed by atoms with Gasteiger partial charge in [0.05, 0.1) is 34.9 Å². The Hall–Kier alpha value is -4.89. The minimum absolute atomic E-state index is 0.0444. The Kier molecular flexibility index (Phi) is 11.2. The second kappa shape index (κ2) is 16.4. The first-order valence-corrected chi connectivity index (χ1v) is 21.6. The van der Waals surface area contributed by atoms with Crippen LogP contribution in [0, 0.1) is 17.8 Å². The summed E-state index contributed by atoms with van der Waals surface area (Å²) in [7, 11) is 3.41. The Morgan fingerprint density at radius 1 is 1.05 bits per heavy atom. The fourth-order valence-corrected chi connectivity index (χ4v) is 10.8. The highest BCUT2D eigenvalue weighted by molar-refractivity contribution is 6.34. The monoisotopic (exact) mass is 852 g/mol. The number of nitrogens with zero attached hydrogens (tertiary/aromatic N) is 7. The number of benzene rings is 2. The molecule has 2 N–H and O–H groups in total. The molecule has 1 atom stereocenters. The third-order valence-corrected chi connectivity index (χ3v) is 14.4. The third-order valence-electron chi connectivity index (χ3n) is 13.9. The van der Waals surface area contributed by atoms with Crippen molar-refractivity contribution in [3.8, 4) is 11.1 Å². The Morgan fingerprint density at radius 3 is 2.59 bits per heavy atom. The van der Waals surface area contributed by atoms with Crippen molar-refractivity contribution in [2.75, 3.05) is 38.6 Å². The van der Waals surface area contributed by atoms with Gasteiger partial charge in [-0.05, 0) is 98.2 Å². The van der Waals surface area contributed by atoms with Crippen molar-refractivity contribution in [2.45, 2.75) is 90.3 Å². The van der Waals surface area contributed by atoms with Gasteiger partial charge in [0.1, 0.15) is 5.52 Å². The van der Waals surface area contributed by atoms with Gasteiger partial charge in [0.15, 0.2) is 17.5 Å². The molecule has 3 fully saturated rings. The lowest BCUT2D eigenvalue weighted by Crippen LogP contribution is -2.34. The van der Waals surface area contributed by atoms with Crippen LogP contribution in [0.2, 0.25) is 5.02 Å². The van der Waals surface area contributed by atoms with E-state index in [1.807, 2.05) is 54.9 Å². The number of fused-ring (bicyclic) bond motifs is 4. The van der Waals surface area contributed by atoms with E-state index in [0.29, 0.717) is 59.2 Å². The topological polar surface area (TPSA) is 139 Å². The van der Waals surface area contributed by atoms with Gasteiger partial charge in [-0.2, -0.15) is 0 Å². The summed E-state index contributed by atoms with van der Waals surface area (Å²) in [5.41, 5.74) is 7.03. The van der Waals surface area contributed by atoms with E-state index in [2.05, 4.69) is 30.1 Å². The van der Waals surface area contributed by atoms with Crippen molar-refractivity contribution < 1.29 is 28.2 Å². The zero-order valence-corrected chi connectivity index (χ0v) is 35.6. The Labute approximate surface area is 358 Å². The van der Waals surface area contributed by atoms with E-state index >= 15 is 0 Å². The van der Waals surface area contributed by atoms with Gasteiger partial charge in [0.25, 0.3) is 6.43 Å². The number of pyridine rings is 1. The van der Waals surface area contributed by atoms with Crippen LogP contribution in [0.4, 0.5) is 20.3 Å². The number of halogens is 3. The molecular formula is C46H51ClF2N8O4. The zero-order chi connectivity index (χ0) is 42.6. The number of nitrogens with one attached hydrogen (secondary N) is 1. The molecule has 0 amide bonds. The first kappa shape index (κ1) is 41.5. The fraction of sp³-hybridized carbons (Fsp3) is 0.478.